The number of aryl methyl sites for hydroxylation is 1. The summed E-state index contributed by atoms with van der Waals surface area (Å²) < 4.78 is 19.1. The summed E-state index contributed by atoms with van der Waals surface area (Å²) in [7, 11) is 0. The van der Waals surface area contributed by atoms with E-state index in [1.807, 2.05) is 24.3 Å². The molecule has 0 saturated carbocycles. The lowest BCUT2D eigenvalue weighted by Crippen LogP contribution is -1.92. The maximum Gasteiger partial charge on any atom is 0.130 e. The van der Waals surface area contributed by atoms with Crippen LogP contribution in [0.15, 0.2) is 42.5 Å². The van der Waals surface area contributed by atoms with E-state index in [-0.39, 0.29) is 11.7 Å². The van der Waals surface area contributed by atoms with E-state index in [1.165, 1.54) is 12.1 Å². The van der Waals surface area contributed by atoms with Crippen molar-refractivity contribution < 1.29 is 9.13 Å². The van der Waals surface area contributed by atoms with Crippen LogP contribution < -0.4 is 4.74 Å². The Kier molecular flexibility index (Phi) is 4.21. The number of halogens is 2. The quantitative estimate of drug-likeness (QED) is 0.712. The summed E-state index contributed by atoms with van der Waals surface area (Å²) in [4.78, 5) is 0. The molecule has 0 radical (unpaired) electrons. The molecule has 0 spiro atoms. The van der Waals surface area contributed by atoms with Gasteiger partial charge in [-0.3, -0.25) is 0 Å². The fourth-order valence-corrected chi connectivity index (χ4v) is 1.93. The number of benzene rings is 2. The third-order valence-electron chi connectivity index (χ3n) is 2.67. The lowest BCUT2D eigenvalue weighted by atomic mass is 10.1. The molecule has 3 heteroatoms. The molecule has 0 saturated heterocycles. The molecule has 0 bridgehead atoms. The predicted octanol–water partition coefficient (Wildman–Crippen LogP) is 4.92. The molecule has 0 heterocycles. The molecule has 0 atom stereocenters. The number of hydrogen-bond acceptors (Lipinski definition) is 1. The Labute approximate surface area is 111 Å². The highest BCUT2D eigenvalue weighted by Gasteiger charge is 2.05. The summed E-state index contributed by atoms with van der Waals surface area (Å²) in [5.74, 6) is 1.17. The largest absolute Gasteiger partial charge is 0.457 e. The topological polar surface area (TPSA) is 9.23 Å². The van der Waals surface area contributed by atoms with Crippen molar-refractivity contribution in [3.8, 4) is 11.5 Å². The molecule has 0 fully saturated rings. The van der Waals surface area contributed by atoms with E-state index in [9.17, 15) is 4.39 Å². The van der Waals surface area contributed by atoms with Gasteiger partial charge in [0, 0.05) is 11.9 Å². The third-order valence-corrected chi connectivity index (χ3v) is 2.98. The highest BCUT2D eigenvalue weighted by molar-refractivity contribution is 6.17. The van der Waals surface area contributed by atoms with Gasteiger partial charge in [-0.05, 0) is 35.7 Å². The standard InChI is InChI=1S/C15H14ClFO/c1-2-12-5-3-4-6-15(12)18-14-8-11(10-16)7-13(17)9-14/h3-9H,2,10H2,1H3. The number of para-hydroxylation sites is 1. The van der Waals surface area contributed by atoms with Gasteiger partial charge in [-0.2, -0.15) is 0 Å². The normalized spacial score (nSPS) is 10.4. The van der Waals surface area contributed by atoms with Crippen molar-refractivity contribution in [3.05, 3.63) is 59.4 Å². The summed E-state index contributed by atoms with van der Waals surface area (Å²) in [6.07, 6.45) is 0.869. The first-order chi connectivity index (χ1) is 8.72. The van der Waals surface area contributed by atoms with Crippen molar-refractivity contribution in [1.29, 1.82) is 0 Å². The fraction of sp³-hybridized carbons (Fsp3) is 0.200. The summed E-state index contributed by atoms with van der Waals surface area (Å²) in [6, 6.07) is 12.3. The molecule has 0 aliphatic carbocycles. The zero-order chi connectivity index (χ0) is 13.0. The fourth-order valence-electron chi connectivity index (χ4n) is 1.78. The Morgan fingerprint density at radius 1 is 1.17 bits per heavy atom. The third kappa shape index (κ3) is 3.02. The van der Waals surface area contributed by atoms with Crippen molar-refractivity contribution in [3.63, 3.8) is 0 Å². The molecule has 0 amide bonds. The molecule has 0 N–H and O–H groups in total. The van der Waals surface area contributed by atoms with Gasteiger partial charge in [-0.15, -0.1) is 11.6 Å². The molecule has 0 aliphatic rings. The van der Waals surface area contributed by atoms with Crippen LogP contribution >= 0.6 is 11.6 Å². The van der Waals surface area contributed by atoms with Crippen LogP contribution in [0.4, 0.5) is 4.39 Å². The Morgan fingerprint density at radius 3 is 2.67 bits per heavy atom. The molecule has 2 aromatic carbocycles. The van der Waals surface area contributed by atoms with Crippen molar-refractivity contribution >= 4 is 11.6 Å². The number of ether oxygens (including phenoxy) is 1. The molecule has 94 valence electrons. The predicted molar refractivity (Wildman–Crippen MR) is 71.9 cm³/mol. The second-order valence-corrected chi connectivity index (χ2v) is 4.26. The average molecular weight is 265 g/mol. The maximum atomic E-state index is 13.4. The summed E-state index contributed by atoms with van der Waals surface area (Å²) >= 11 is 5.71. The lowest BCUT2D eigenvalue weighted by Gasteiger charge is -2.10. The highest BCUT2D eigenvalue weighted by atomic mass is 35.5. The Hall–Kier alpha value is -1.54. The van der Waals surface area contributed by atoms with E-state index in [0.29, 0.717) is 11.3 Å². The van der Waals surface area contributed by atoms with E-state index >= 15 is 0 Å². The number of rotatable bonds is 4. The van der Waals surface area contributed by atoms with E-state index in [1.54, 1.807) is 6.07 Å². The SMILES string of the molecule is CCc1ccccc1Oc1cc(F)cc(CCl)c1. The van der Waals surface area contributed by atoms with Crippen molar-refractivity contribution in [2.24, 2.45) is 0 Å². The first-order valence-corrected chi connectivity index (χ1v) is 6.37. The molecule has 2 rings (SSSR count). The van der Waals surface area contributed by atoms with Gasteiger partial charge in [0.25, 0.3) is 0 Å². The minimum absolute atomic E-state index is 0.267. The van der Waals surface area contributed by atoms with E-state index < -0.39 is 0 Å². The van der Waals surface area contributed by atoms with E-state index in [0.717, 1.165) is 17.7 Å². The number of hydrogen-bond donors (Lipinski definition) is 0. The second-order valence-electron chi connectivity index (χ2n) is 3.99. The van der Waals surface area contributed by atoms with E-state index in [2.05, 4.69) is 6.92 Å². The zero-order valence-corrected chi connectivity index (χ0v) is 10.9. The summed E-state index contributed by atoms with van der Waals surface area (Å²) in [5.41, 5.74) is 1.80. The molecule has 2 aromatic rings. The van der Waals surface area contributed by atoms with Gasteiger partial charge in [0.05, 0.1) is 0 Å². The van der Waals surface area contributed by atoms with Gasteiger partial charge in [-0.1, -0.05) is 25.1 Å². The van der Waals surface area contributed by atoms with Crippen LogP contribution in [0.2, 0.25) is 0 Å². The van der Waals surface area contributed by atoms with Crippen LogP contribution in [-0.2, 0) is 12.3 Å². The molecular formula is C15H14ClFO. The Morgan fingerprint density at radius 2 is 1.94 bits per heavy atom. The van der Waals surface area contributed by atoms with E-state index in [4.69, 9.17) is 16.3 Å². The summed E-state index contributed by atoms with van der Waals surface area (Å²) in [6.45, 7) is 2.05. The first-order valence-electron chi connectivity index (χ1n) is 5.84. The minimum atomic E-state index is -0.336. The van der Waals surface area contributed by atoms with Gasteiger partial charge in [-0.25, -0.2) is 4.39 Å². The van der Waals surface area contributed by atoms with Gasteiger partial charge >= 0.3 is 0 Å². The Balaban J connectivity index is 2.30. The van der Waals surface area contributed by atoms with Gasteiger partial charge in [0.1, 0.15) is 17.3 Å². The molecule has 0 aliphatic heterocycles. The smallest absolute Gasteiger partial charge is 0.130 e. The Bertz CT molecular complexity index is 540. The van der Waals surface area contributed by atoms with Crippen LogP contribution in [0.3, 0.4) is 0 Å². The lowest BCUT2D eigenvalue weighted by molar-refractivity contribution is 0.470. The summed E-state index contributed by atoms with van der Waals surface area (Å²) in [5, 5.41) is 0. The van der Waals surface area contributed by atoms with Crippen molar-refractivity contribution in [2.75, 3.05) is 0 Å². The molecular weight excluding hydrogens is 251 g/mol. The zero-order valence-electron chi connectivity index (χ0n) is 10.1. The maximum absolute atomic E-state index is 13.4. The monoisotopic (exact) mass is 264 g/mol. The van der Waals surface area contributed by atoms with Crippen LogP contribution in [-0.4, -0.2) is 0 Å². The van der Waals surface area contributed by atoms with Crippen LogP contribution in [0.25, 0.3) is 0 Å². The number of alkyl halides is 1. The van der Waals surface area contributed by atoms with Crippen molar-refractivity contribution in [2.45, 2.75) is 19.2 Å². The molecule has 1 nitrogen and oxygen atoms in total. The average Bonchev–Trinajstić information content (AvgIpc) is 2.38. The molecule has 0 unspecified atom stereocenters. The molecule has 18 heavy (non-hydrogen) atoms. The minimum Gasteiger partial charge on any atom is -0.457 e. The van der Waals surface area contributed by atoms with Gasteiger partial charge in [0.2, 0.25) is 0 Å². The van der Waals surface area contributed by atoms with Crippen molar-refractivity contribution in [1.82, 2.24) is 0 Å². The highest BCUT2D eigenvalue weighted by Crippen LogP contribution is 2.27. The van der Waals surface area contributed by atoms with Crippen LogP contribution in [0, 0.1) is 5.82 Å². The first kappa shape index (κ1) is 12.9. The van der Waals surface area contributed by atoms with Gasteiger partial charge in [0.15, 0.2) is 0 Å². The molecule has 0 aromatic heterocycles. The van der Waals surface area contributed by atoms with Crippen LogP contribution in [0.5, 0.6) is 11.5 Å². The second kappa shape index (κ2) is 5.87. The van der Waals surface area contributed by atoms with Crippen LogP contribution in [0.1, 0.15) is 18.1 Å². The van der Waals surface area contributed by atoms with Gasteiger partial charge < -0.3 is 4.74 Å².